The summed E-state index contributed by atoms with van der Waals surface area (Å²) in [5.41, 5.74) is 0.365. The summed E-state index contributed by atoms with van der Waals surface area (Å²) < 4.78 is 1.50. The summed E-state index contributed by atoms with van der Waals surface area (Å²) in [4.78, 5) is 23.2. The van der Waals surface area contributed by atoms with Crippen molar-refractivity contribution >= 4 is 35.0 Å². The second-order valence-corrected chi connectivity index (χ2v) is 4.85. The van der Waals surface area contributed by atoms with Crippen LogP contribution >= 0.6 is 23.2 Å². The molecular formula is C12H17Cl2N3O2. The summed E-state index contributed by atoms with van der Waals surface area (Å²) in [6.07, 6.45) is 1.13. The number of carbonyl (C=O) groups excluding carboxylic acids is 2. The van der Waals surface area contributed by atoms with Crippen LogP contribution in [0.1, 0.15) is 30.3 Å². The van der Waals surface area contributed by atoms with Gasteiger partial charge < -0.3 is 15.2 Å². The third kappa shape index (κ3) is 4.44. The van der Waals surface area contributed by atoms with Gasteiger partial charge in [-0.1, -0.05) is 30.1 Å². The largest absolute Gasteiger partial charge is 0.356 e. The van der Waals surface area contributed by atoms with E-state index in [2.05, 4.69) is 10.6 Å². The maximum absolute atomic E-state index is 11.8. The van der Waals surface area contributed by atoms with Gasteiger partial charge in [0.1, 0.15) is 10.8 Å². The van der Waals surface area contributed by atoms with Gasteiger partial charge >= 0.3 is 0 Å². The van der Waals surface area contributed by atoms with Crippen LogP contribution in [-0.4, -0.2) is 29.5 Å². The molecule has 1 aromatic rings. The van der Waals surface area contributed by atoms with Crippen molar-refractivity contribution < 1.29 is 9.59 Å². The minimum atomic E-state index is -0.306. The van der Waals surface area contributed by atoms with Gasteiger partial charge in [-0.25, -0.2) is 0 Å². The molecule has 0 aromatic carbocycles. The maximum atomic E-state index is 11.8. The van der Waals surface area contributed by atoms with Crippen LogP contribution in [-0.2, 0) is 11.8 Å². The van der Waals surface area contributed by atoms with Gasteiger partial charge in [0, 0.05) is 26.6 Å². The Balaban J connectivity index is 2.43. The SMILES string of the molecule is CCCNC(=O)CCNC(=O)c1cc(Cl)c(Cl)n1C. The highest BCUT2D eigenvalue weighted by atomic mass is 35.5. The van der Waals surface area contributed by atoms with Gasteiger partial charge in [0.25, 0.3) is 5.91 Å². The first-order chi connectivity index (χ1) is 8.97. The topological polar surface area (TPSA) is 63.1 Å². The van der Waals surface area contributed by atoms with Crippen LogP contribution in [0.15, 0.2) is 6.07 Å². The van der Waals surface area contributed by atoms with Crippen LogP contribution < -0.4 is 10.6 Å². The molecule has 0 aliphatic heterocycles. The van der Waals surface area contributed by atoms with Gasteiger partial charge in [-0.2, -0.15) is 0 Å². The molecule has 0 aliphatic rings. The Labute approximate surface area is 122 Å². The first-order valence-electron chi connectivity index (χ1n) is 6.03. The number of nitrogens with zero attached hydrogens (tertiary/aromatic N) is 1. The summed E-state index contributed by atoms with van der Waals surface area (Å²) in [5.74, 6) is -0.385. The lowest BCUT2D eigenvalue weighted by molar-refractivity contribution is -0.120. The van der Waals surface area contributed by atoms with Crippen LogP contribution in [0, 0.1) is 0 Å². The molecular weight excluding hydrogens is 289 g/mol. The van der Waals surface area contributed by atoms with Gasteiger partial charge in [-0.3, -0.25) is 9.59 Å². The van der Waals surface area contributed by atoms with Crippen molar-refractivity contribution in [1.82, 2.24) is 15.2 Å². The minimum Gasteiger partial charge on any atom is -0.356 e. The van der Waals surface area contributed by atoms with E-state index in [0.29, 0.717) is 22.4 Å². The van der Waals surface area contributed by atoms with Crippen LogP contribution in [0.5, 0.6) is 0 Å². The third-order valence-corrected chi connectivity index (χ3v) is 3.40. The van der Waals surface area contributed by atoms with Gasteiger partial charge in [-0.05, 0) is 12.5 Å². The van der Waals surface area contributed by atoms with Crippen LogP contribution in [0.4, 0.5) is 0 Å². The van der Waals surface area contributed by atoms with Crippen molar-refractivity contribution in [3.63, 3.8) is 0 Å². The first kappa shape index (κ1) is 15.9. The molecule has 0 fully saturated rings. The van der Waals surface area contributed by atoms with Crippen LogP contribution in [0.25, 0.3) is 0 Å². The molecule has 19 heavy (non-hydrogen) atoms. The van der Waals surface area contributed by atoms with Gasteiger partial charge in [0.15, 0.2) is 0 Å². The molecule has 2 amide bonds. The molecule has 1 heterocycles. The summed E-state index contributed by atoms with van der Waals surface area (Å²) in [5, 5.41) is 6.02. The summed E-state index contributed by atoms with van der Waals surface area (Å²) >= 11 is 11.7. The van der Waals surface area contributed by atoms with E-state index in [-0.39, 0.29) is 24.8 Å². The standard InChI is InChI=1S/C12H17Cl2N3O2/c1-3-5-15-10(18)4-6-16-12(19)9-7-8(13)11(14)17(9)2/h7H,3-6H2,1-2H3,(H,15,18)(H,16,19). The molecule has 0 radical (unpaired) electrons. The normalized spacial score (nSPS) is 10.3. The smallest absolute Gasteiger partial charge is 0.268 e. The van der Waals surface area contributed by atoms with E-state index >= 15 is 0 Å². The van der Waals surface area contributed by atoms with Gasteiger partial charge in [0.05, 0.1) is 5.02 Å². The fourth-order valence-corrected chi connectivity index (χ4v) is 1.87. The Morgan fingerprint density at radius 2 is 1.95 bits per heavy atom. The third-order valence-electron chi connectivity index (χ3n) is 2.56. The van der Waals surface area contributed by atoms with Crippen LogP contribution in [0.2, 0.25) is 10.2 Å². The quantitative estimate of drug-likeness (QED) is 0.844. The number of aromatic nitrogens is 1. The Morgan fingerprint density at radius 3 is 2.47 bits per heavy atom. The van der Waals surface area contributed by atoms with Crippen molar-refractivity contribution in [2.24, 2.45) is 7.05 Å². The lowest BCUT2D eigenvalue weighted by atomic mass is 10.3. The second-order valence-electron chi connectivity index (χ2n) is 4.08. The molecule has 106 valence electrons. The second kappa shape index (κ2) is 7.40. The van der Waals surface area contributed by atoms with E-state index in [1.54, 1.807) is 7.05 Å². The van der Waals surface area contributed by atoms with E-state index in [1.165, 1.54) is 10.6 Å². The summed E-state index contributed by atoms with van der Waals surface area (Å²) in [6.45, 7) is 2.90. The van der Waals surface area contributed by atoms with Gasteiger partial charge in [0.2, 0.25) is 5.91 Å². The zero-order valence-corrected chi connectivity index (χ0v) is 12.4. The Hall–Kier alpha value is -1.20. The zero-order valence-electron chi connectivity index (χ0n) is 10.9. The van der Waals surface area contributed by atoms with E-state index in [9.17, 15) is 9.59 Å². The highest BCUT2D eigenvalue weighted by Gasteiger charge is 2.15. The Bertz CT molecular complexity index is 472. The highest BCUT2D eigenvalue weighted by molar-refractivity contribution is 6.41. The van der Waals surface area contributed by atoms with Crippen molar-refractivity contribution in [1.29, 1.82) is 0 Å². The zero-order chi connectivity index (χ0) is 14.4. The summed E-state index contributed by atoms with van der Waals surface area (Å²) in [7, 11) is 1.65. The number of hydrogen-bond donors (Lipinski definition) is 2. The molecule has 0 spiro atoms. The molecule has 0 saturated carbocycles. The van der Waals surface area contributed by atoms with Crippen molar-refractivity contribution in [3.8, 4) is 0 Å². The Kier molecular flexibility index (Phi) is 6.18. The average Bonchev–Trinajstić information content (AvgIpc) is 2.64. The number of hydrogen-bond acceptors (Lipinski definition) is 2. The molecule has 0 saturated heterocycles. The van der Waals surface area contributed by atoms with Crippen molar-refractivity contribution in [3.05, 3.63) is 21.9 Å². The number of amides is 2. The Morgan fingerprint density at radius 1 is 1.26 bits per heavy atom. The molecule has 1 aromatic heterocycles. The van der Waals surface area contributed by atoms with E-state index in [0.717, 1.165) is 6.42 Å². The fraction of sp³-hybridized carbons (Fsp3) is 0.500. The first-order valence-corrected chi connectivity index (χ1v) is 6.78. The average molecular weight is 306 g/mol. The molecule has 0 atom stereocenters. The van der Waals surface area contributed by atoms with Crippen molar-refractivity contribution in [2.45, 2.75) is 19.8 Å². The van der Waals surface area contributed by atoms with E-state index in [1.807, 2.05) is 6.92 Å². The monoisotopic (exact) mass is 305 g/mol. The summed E-state index contributed by atoms with van der Waals surface area (Å²) in [6, 6.07) is 1.50. The lowest BCUT2D eigenvalue weighted by Crippen LogP contribution is -2.31. The van der Waals surface area contributed by atoms with E-state index in [4.69, 9.17) is 23.2 Å². The lowest BCUT2D eigenvalue weighted by Gasteiger charge is -2.07. The van der Waals surface area contributed by atoms with E-state index < -0.39 is 0 Å². The van der Waals surface area contributed by atoms with Crippen molar-refractivity contribution in [2.75, 3.05) is 13.1 Å². The number of nitrogens with one attached hydrogen (secondary N) is 2. The van der Waals surface area contributed by atoms with Gasteiger partial charge in [-0.15, -0.1) is 0 Å². The molecule has 5 nitrogen and oxygen atoms in total. The predicted molar refractivity (Wildman–Crippen MR) is 75.7 cm³/mol. The number of halogens is 2. The predicted octanol–water partition coefficient (Wildman–Crippen LogP) is 1.98. The molecule has 7 heteroatoms. The molecule has 0 bridgehead atoms. The fourth-order valence-electron chi connectivity index (χ4n) is 1.49. The number of rotatable bonds is 6. The highest BCUT2D eigenvalue weighted by Crippen LogP contribution is 2.24. The minimum absolute atomic E-state index is 0.0786. The van der Waals surface area contributed by atoms with Crippen LogP contribution in [0.3, 0.4) is 0 Å². The maximum Gasteiger partial charge on any atom is 0.268 e. The molecule has 2 N–H and O–H groups in total. The molecule has 0 unspecified atom stereocenters. The molecule has 1 rings (SSSR count). The number of carbonyl (C=O) groups is 2. The molecule has 0 aliphatic carbocycles.